The third kappa shape index (κ3) is 2.20. The fraction of sp³-hybridized carbons (Fsp3) is 0.231. The molecule has 94 valence electrons. The van der Waals surface area contributed by atoms with E-state index in [9.17, 15) is 9.90 Å². The average Bonchev–Trinajstić information content (AvgIpc) is 2.66. The Kier molecular flexibility index (Phi) is 3.06. The van der Waals surface area contributed by atoms with Gasteiger partial charge in [0.05, 0.1) is 11.3 Å². The van der Waals surface area contributed by atoms with Crippen LogP contribution in [-0.4, -0.2) is 27.8 Å². The van der Waals surface area contributed by atoms with Crippen molar-refractivity contribution < 1.29 is 9.90 Å². The van der Waals surface area contributed by atoms with Crippen molar-refractivity contribution in [2.45, 2.75) is 6.92 Å². The third-order valence-electron chi connectivity index (χ3n) is 2.77. The Balaban J connectivity index is 2.32. The quantitative estimate of drug-likeness (QED) is 0.876. The van der Waals surface area contributed by atoms with Crippen LogP contribution in [0.2, 0.25) is 0 Å². The zero-order valence-electron chi connectivity index (χ0n) is 10.6. The molecule has 0 saturated carbocycles. The number of aryl methyl sites for hydroxylation is 2. The lowest BCUT2D eigenvalue weighted by Crippen LogP contribution is -2.26. The van der Waals surface area contributed by atoms with Gasteiger partial charge in [-0.2, -0.15) is 5.10 Å². The fourth-order valence-electron chi connectivity index (χ4n) is 1.81. The van der Waals surface area contributed by atoms with E-state index in [0.717, 1.165) is 0 Å². The van der Waals surface area contributed by atoms with Gasteiger partial charge < -0.3 is 10.0 Å². The summed E-state index contributed by atoms with van der Waals surface area (Å²) in [5, 5.41) is 13.6. The van der Waals surface area contributed by atoms with Crippen LogP contribution in [0.3, 0.4) is 0 Å². The summed E-state index contributed by atoms with van der Waals surface area (Å²) in [6.45, 7) is 1.80. The van der Waals surface area contributed by atoms with E-state index < -0.39 is 0 Å². The number of benzene rings is 1. The minimum Gasteiger partial charge on any atom is -0.508 e. The summed E-state index contributed by atoms with van der Waals surface area (Å²) in [5.41, 5.74) is 1.89. The lowest BCUT2D eigenvalue weighted by Gasteiger charge is -2.16. The van der Waals surface area contributed by atoms with Crippen LogP contribution in [-0.2, 0) is 7.05 Å². The summed E-state index contributed by atoms with van der Waals surface area (Å²) in [5.74, 6) is -0.0127. The number of hydrogen-bond donors (Lipinski definition) is 1. The van der Waals surface area contributed by atoms with Gasteiger partial charge in [-0.1, -0.05) is 6.07 Å². The Morgan fingerprint density at radius 1 is 1.44 bits per heavy atom. The Bertz CT molecular complexity index is 590. The van der Waals surface area contributed by atoms with E-state index in [0.29, 0.717) is 16.9 Å². The number of nitrogens with zero attached hydrogens (tertiary/aromatic N) is 3. The molecule has 0 aliphatic heterocycles. The number of aromatic hydroxyl groups is 1. The van der Waals surface area contributed by atoms with Crippen molar-refractivity contribution in [3.05, 3.63) is 41.7 Å². The van der Waals surface area contributed by atoms with Gasteiger partial charge in [-0.25, -0.2) is 0 Å². The first kappa shape index (κ1) is 12.2. The van der Waals surface area contributed by atoms with Crippen molar-refractivity contribution in [1.29, 1.82) is 0 Å². The van der Waals surface area contributed by atoms with Crippen molar-refractivity contribution in [2.24, 2.45) is 7.05 Å². The molecule has 5 heteroatoms. The summed E-state index contributed by atoms with van der Waals surface area (Å²) >= 11 is 0. The molecule has 0 spiro atoms. The van der Waals surface area contributed by atoms with E-state index in [4.69, 9.17) is 0 Å². The number of amides is 1. The standard InChI is InChI=1S/C13H15N3O2/c1-9-12(8-15(2)14-9)13(18)16(3)10-5-4-6-11(17)7-10/h4-8,17H,1-3H3. The molecular weight excluding hydrogens is 230 g/mol. The second kappa shape index (κ2) is 4.52. The number of carbonyl (C=O) groups excluding carboxylic acids is 1. The van der Waals surface area contributed by atoms with Gasteiger partial charge in [-0.3, -0.25) is 9.48 Å². The lowest BCUT2D eigenvalue weighted by molar-refractivity contribution is 0.0992. The molecule has 5 nitrogen and oxygen atoms in total. The van der Waals surface area contributed by atoms with Gasteiger partial charge in [0.1, 0.15) is 5.75 Å². The van der Waals surface area contributed by atoms with E-state index in [1.54, 1.807) is 56.2 Å². The molecule has 1 heterocycles. The van der Waals surface area contributed by atoms with Gasteiger partial charge in [0, 0.05) is 32.0 Å². The van der Waals surface area contributed by atoms with E-state index in [2.05, 4.69) is 5.10 Å². The van der Waals surface area contributed by atoms with Crippen LogP contribution >= 0.6 is 0 Å². The second-order valence-electron chi connectivity index (χ2n) is 4.19. The molecule has 1 N–H and O–H groups in total. The van der Waals surface area contributed by atoms with Crippen molar-refractivity contribution in [3.8, 4) is 5.75 Å². The van der Waals surface area contributed by atoms with Crippen molar-refractivity contribution in [3.63, 3.8) is 0 Å². The van der Waals surface area contributed by atoms with E-state index in [1.807, 2.05) is 0 Å². The van der Waals surface area contributed by atoms with Crippen molar-refractivity contribution in [2.75, 3.05) is 11.9 Å². The number of hydrogen-bond acceptors (Lipinski definition) is 3. The third-order valence-corrected chi connectivity index (χ3v) is 2.77. The van der Waals surface area contributed by atoms with Crippen LogP contribution in [0.4, 0.5) is 5.69 Å². The molecule has 1 aromatic heterocycles. The zero-order valence-corrected chi connectivity index (χ0v) is 10.6. The molecule has 1 aromatic carbocycles. The SMILES string of the molecule is Cc1nn(C)cc1C(=O)N(C)c1cccc(O)c1. The van der Waals surface area contributed by atoms with E-state index in [-0.39, 0.29) is 11.7 Å². The Morgan fingerprint density at radius 3 is 2.72 bits per heavy atom. The van der Waals surface area contributed by atoms with Crippen LogP contribution < -0.4 is 4.90 Å². The van der Waals surface area contributed by atoms with Crippen molar-refractivity contribution >= 4 is 11.6 Å². The second-order valence-corrected chi connectivity index (χ2v) is 4.19. The van der Waals surface area contributed by atoms with Gasteiger partial charge in [-0.05, 0) is 19.1 Å². The van der Waals surface area contributed by atoms with Crippen LogP contribution in [0.25, 0.3) is 0 Å². The summed E-state index contributed by atoms with van der Waals surface area (Å²) in [6, 6.07) is 6.58. The lowest BCUT2D eigenvalue weighted by atomic mass is 10.2. The molecule has 1 amide bonds. The van der Waals surface area contributed by atoms with Gasteiger partial charge in [0.25, 0.3) is 5.91 Å². The maximum atomic E-state index is 12.3. The molecule has 0 atom stereocenters. The molecule has 0 aliphatic carbocycles. The molecule has 0 radical (unpaired) electrons. The maximum Gasteiger partial charge on any atom is 0.261 e. The first-order valence-corrected chi connectivity index (χ1v) is 5.56. The summed E-state index contributed by atoms with van der Waals surface area (Å²) in [4.78, 5) is 13.8. The minimum absolute atomic E-state index is 0.134. The van der Waals surface area contributed by atoms with E-state index in [1.165, 1.54) is 4.90 Å². The molecule has 0 bridgehead atoms. The Hall–Kier alpha value is -2.30. The number of phenolic OH excluding ortho intramolecular Hbond substituents is 1. The molecule has 0 aliphatic rings. The number of aromatic nitrogens is 2. The highest BCUT2D eigenvalue weighted by molar-refractivity contribution is 6.06. The number of rotatable bonds is 2. The number of anilines is 1. The predicted octanol–water partition coefficient (Wildman–Crippen LogP) is 1.71. The topological polar surface area (TPSA) is 58.4 Å². The largest absolute Gasteiger partial charge is 0.508 e. The highest BCUT2D eigenvalue weighted by atomic mass is 16.3. The molecule has 0 fully saturated rings. The molecule has 0 unspecified atom stereocenters. The summed E-state index contributed by atoms with van der Waals surface area (Å²) < 4.78 is 1.61. The normalized spacial score (nSPS) is 10.4. The Labute approximate surface area is 105 Å². The molecule has 2 rings (SSSR count). The molecule has 2 aromatic rings. The van der Waals surface area contributed by atoms with Gasteiger partial charge >= 0.3 is 0 Å². The average molecular weight is 245 g/mol. The highest BCUT2D eigenvalue weighted by Crippen LogP contribution is 2.21. The van der Waals surface area contributed by atoms with Gasteiger partial charge in [0.15, 0.2) is 0 Å². The summed E-state index contributed by atoms with van der Waals surface area (Å²) in [6.07, 6.45) is 1.69. The fourth-order valence-corrected chi connectivity index (χ4v) is 1.81. The van der Waals surface area contributed by atoms with Crippen LogP contribution in [0.5, 0.6) is 5.75 Å². The smallest absolute Gasteiger partial charge is 0.261 e. The van der Waals surface area contributed by atoms with Gasteiger partial charge in [0.2, 0.25) is 0 Å². The van der Waals surface area contributed by atoms with Gasteiger partial charge in [-0.15, -0.1) is 0 Å². The Morgan fingerprint density at radius 2 is 2.17 bits per heavy atom. The number of carbonyl (C=O) groups is 1. The van der Waals surface area contributed by atoms with Crippen LogP contribution in [0.1, 0.15) is 16.1 Å². The first-order valence-electron chi connectivity index (χ1n) is 5.56. The maximum absolute atomic E-state index is 12.3. The van der Waals surface area contributed by atoms with E-state index >= 15 is 0 Å². The molecule has 18 heavy (non-hydrogen) atoms. The zero-order chi connectivity index (χ0) is 13.3. The monoisotopic (exact) mass is 245 g/mol. The minimum atomic E-state index is -0.147. The first-order chi connectivity index (χ1) is 8.49. The van der Waals surface area contributed by atoms with Crippen molar-refractivity contribution in [1.82, 2.24) is 9.78 Å². The molecular formula is C13H15N3O2. The predicted molar refractivity (Wildman–Crippen MR) is 68.8 cm³/mol. The highest BCUT2D eigenvalue weighted by Gasteiger charge is 2.18. The van der Waals surface area contributed by atoms with Crippen LogP contribution in [0.15, 0.2) is 30.5 Å². The molecule has 0 saturated heterocycles. The van der Waals surface area contributed by atoms with Crippen LogP contribution in [0, 0.1) is 6.92 Å². The summed E-state index contributed by atoms with van der Waals surface area (Å²) in [7, 11) is 3.45. The number of phenols is 1.